The van der Waals surface area contributed by atoms with Crippen molar-refractivity contribution in [2.75, 3.05) is 14.2 Å². The zero-order chi connectivity index (χ0) is 10.8. The van der Waals surface area contributed by atoms with Gasteiger partial charge in [-0.05, 0) is 0 Å². The van der Waals surface area contributed by atoms with Gasteiger partial charge in [0, 0.05) is 12.1 Å². The maximum Gasteiger partial charge on any atom is 0.142 e. The highest BCUT2D eigenvalue weighted by molar-refractivity contribution is 7.19. The van der Waals surface area contributed by atoms with E-state index in [4.69, 9.17) is 21.1 Å². The lowest BCUT2D eigenvalue weighted by atomic mass is 10.3. The molecule has 1 heterocycles. The Kier molecular flexibility index (Phi) is 2.98. The molecular weight excluding hydrogens is 234 g/mol. The lowest BCUT2D eigenvalue weighted by Gasteiger charge is -2.03. The molecule has 0 fully saturated rings. The van der Waals surface area contributed by atoms with E-state index < -0.39 is 0 Å². The fraction of sp³-hybridized carbons (Fsp3) is 0.300. The van der Waals surface area contributed by atoms with E-state index in [1.165, 1.54) is 0 Å². The second-order valence-electron chi connectivity index (χ2n) is 2.92. The molecule has 0 aliphatic rings. The molecule has 0 radical (unpaired) electrons. The van der Waals surface area contributed by atoms with E-state index >= 15 is 0 Å². The van der Waals surface area contributed by atoms with Gasteiger partial charge >= 0.3 is 0 Å². The molecule has 15 heavy (non-hydrogen) atoms. The van der Waals surface area contributed by atoms with E-state index in [9.17, 15) is 0 Å². The first-order valence-electron chi connectivity index (χ1n) is 4.36. The van der Waals surface area contributed by atoms with Gasteiger partial charge in [0.25, 0.3) is 0 Å². The predicted molar refractivity (Wildman–Crippen MR) is 62.3 cm³/mol. The van der Waals surface area contributed by atoms with Crippen molar-refractivity contribution in [3.8, 4) is 11.5 Å². The first kappa shape index (κ1) is 10.5. The molecule has 5 heteroatoms. The number of benzene rings is 1. The molecule has 0 saturated carbocycles. The number of ether oxygens (including phenoxy) is 2. The largest absolute Gasteiger partial charge is 0.497 e. The average Bonchev–Trinajstić information content (AvgIpc) is 2.70. The molecule has 0 unspecified atom stereocenters. The zero-order valence-electron chi connectivity index (χ0n) is 8.41. The molecule has 0 atom stereocenters. The Hall–Kier alpha value is -1.00. The highest BCUT2D eigenvalue weighted by Gasteiger charge is 2.10. The molecule has 80 valence electrons. The summed E-state index contributed by atoms with van der Waals surface area (Å²) in [5, 5.41) is 0.887. The van der Waals surface area contributed by atoms with Crippen LogP contribution in [-0.2, 0) is 5.88 Å². The summed E-state index contributed by atoms with van der Waals surface area (Å²) in [7, 11) is 3.25. The summed E-state index contributed by atoms with van der Waals surface area (Å²) in [6, 6.07) is 3.73. The molecule has 1 aromatic carbocycles. The van der Waals surface area contributed by atoms with E-state index in [-0.39, 0.29) is 0 Å². The summed E-state index contributed by atoms with van der Waals surface area (Å²) < 4.78 is 11.4. The van der Waals surface area contributed by atoms with Crippen molar-refractivity contribution in [2.45, 2.75) is 5.88 Å². The molecule has 0 aliphatic carbocycles. The molecule has 0 aliphatic heterocycles. The maximum atomic E-state index is 5.74. The van der Waals surface area contributed by atoms with Crippen molar-refractivity contribution in [3.63, 3.8) is 0 Å². The van der Waals surface area contributed by atoms with Crippen LogP contribution in [0.5, 0.6) is 11.5 Å². The van der Waals surface area contributed by atoms with Crippen molar-refractivity contribution in [1.29, 1.82) is 0 Å². The molecule has 0 bridgehead atoms. The Balaban J connectivity index is 2.66. The van der Waals surface area contributed by atoms with Crippen molar-refractivity contribution < 1.29 is 9.47 Å². The highest BCUT2D eigenvalue weighted by Crippen LogP contribution is 2.35. The lowest BCUT2D eigenvalue weighted by Crippen LogP contribution is -1.87. The van der Waals surface area contributed by atoms with E-state index in [2.05, 4.69) is 4.98 Å². The van der Waals surface area contributed by atoms with Gasteiger partial charge in [-0.25, -0.2) is 4.98 Å². The van der Waals surface area contributed by atoms with Crippen molar-refractivity contribution >= 4 is 33.2 Å². The van der Waals surface area contributed by atoms with Gasteiger partial charge in [-0.1, -0.05) is 0 Å². The standard InChI is InChI=1S/C10H10ClNO2S/c1-13-6-3-7-10(8(4-6)14-2)15-9(5-11)12-7/h3-4H,5H2,1-2H3. The molecule has 3 nitrogen and oxygen atoms in total. The fourth-order valence-corrected chi connectivity index (χ4v) is 2.46. The van der Waals surface area contributed by atoms with Gasteiger partial charge in [0.1, 0.15) is 16.5 Å². The second-order valence-corrected chi connectivity index (χ2v) is 4.27. The van der Waals surface area contributed by atoms with Crippen LogP contribution >= 0.6 is 22.9 Å². The average molecular weight is 244 g/mol. The number of fused-ring (bicyclic) bond motifs is 1. The Bertz CT molecular complexity index is 483. The van der Waals surface area contributed by atoms with Gasteiger partial charge in [0.05, 0.1) is 30.3 Å². The summed E-state index contributed by atoms with van der Waals surface area (Å²) in [4.78, 5) is 4.38. The smallest absolute Gasteiger partial charge is 0.142 e. The summed E-state index contributed by atoms with van der Waals surface area (Å²) >= 11 is 7.29. The monoisotopic (exact) mass is 243 g/mol. The Labute approximate surface area is 96.6 Å². The zero-order valence-corrected chi connectivity index (χ0v) is 9.98. The third-order valence-corrected chi connectivity index (χ3v) is 3.54. The van der Waals surface area contributed by atoms with Crippen LogP contribution in [0.2, 0.25) is 0 Å². The Morgan fingerprint density at radius 1 is 1.33 bits per heavy atom. The molecule has 0 spiro atoms. The van der Waals surface area contributed by atoms with Crippen LogP contribution in [0.4, 0.5) is 0 Å². The third-order valence-electron chi connectivity index (χ3n) is 2.04. The van der Waals surface area contributed by atoms with E-state index in [0.717, 1.165) is 26.7 Å². The molecule has 0 amide bonds. The molecule has 0 saturated heterocycles. The second kappa shape index (κ2) is 4.24. The molecule has 2 rings (SSSR count). The summed E-state index contributed by atoms with van der Waals surface area (Å²) in [6.07, 6.45) is 0. The van der Waals surface area contributed by atoms with Crippen LogP contribution in [-0.4, -0.2) is 19.2 Å². The number of hydrogen-bond acceptors (Lipinski definition) is 4. The van der Waals surface area contributed by atoms with Crippen molar-refractivity contribution in [3.05, 3.63) is 17.1 Å². The van der Waals surface area contributed by atoms with Gasteiger partial charge in [-0.2, -0.15) is 0 Å². The van der Waals surface area contributed by atoms with Crippen LogP contribution in [0.15, 0.2) is 12.1 Å². The van der Waals surface area contributed by atoms with Crippen LogP contribution in [0.25, 0.3) is 10.2 Å². The van der Waals surface area contributed by atoms with Crippen LogP contribution < -0.4 is 9.47 Å². The quantitative estimate of drug-likeness (QED) is 0.777. The number of rotatable bonds is 3. The van der Waals surface area contributed by atoms with Crippen molar-refractivity contribution in [2.24, 2.45) is 0 Å². The lowest BCUT2D eigenvalue weighted by molar-refractivity contribution is 0.398. The third kappa shape index (κ3) is 1.87. The normalized spacial score (nSPS) is 10.6. The van der Waals surface area contributed by atoms with E-state index in [1.807, 2.05) is 12.1 Å². The number of aromatic nitrogens is 1. The van der Waals surface area contributed by atoms with Crippen LogP contribution in [0.1, 0.15) is 5.01 Å². The van der Waals surface area contributed by atoms with Gasteiger partial charge in [0.15, 0.2) is 0 Å². The molecule has 0 N–H and O–H groups in total. The summed E-state index contributed by atoms with van der Waals surface area (Å²) in [6.45, 7) is 0. The fourth-order valence-electron chi connectivity index (χ4n) is 1.35. The van der Waals surface area contributed by atoms with Crippen LogP contribution in [0.3, 0.4) is 0 Å². The predicted octanol–water partition coefficient (Wildman–Crippen LogP) is 3.05. The number of alkyl halides is 1. The Morgan fingerprint density at radius 3 is 2.73 bits per heavy atom. The van der Waals surface area contributed by atoms with Crippen molar-refractivity contribution in [1.82, 2.24) is 4.98 Å². The summed E-state index contributed by atoms with van der Waals surface area (Å²) in [5.41, 5.74) is 0.867. The first-order chi connectivity index (χ1) is 7.28. The number of halogens is 1. The van der Waals surface area contributed by atoms with Gasteiger partial charge in [0.2, 0.25) is 0 Å². The minimum absolute atomic E-state index is 0.421. The summed E-state index contributed by atoms with van der Waals surface area (Å²) in [5.74, 6) is 1.94. The Morgan fingerprint density at radius 2 is 2.13 bits per heavy atom. The molecule has 1 aromatic heterocycles. The first-order valence-corrected chi connectivity index (χ1v) is 5.71. The van der Waals surface area contributed by atoms with Gasteiger partial charge in [-0.15, -0.1) is 22.9 Å². The topological polar surface area (TPSA) is 31.4 Å². The minimum Gasteiger partial charge on any atom is -0.497 e. The SMILES string of the molecule is COc1cc(OC)c2sc(CCl)nc2c1. The number of nitrogens with zero attached hydrogens (tertiary/aromatic N) is 1. The van der Waals surface area contributed by atoms with E-state index in [0.29, 0.717) is 5.88 Å². The minimum atomic E-state index is 0.421. The van der Waals surface area contributed by atoms with Gasteiger partial charge in [-0.3, -0.25) is 0 Å². The molecule has 2 aromatic rings. The van der Waals surface area contributed by atoms with Gasteiger partial charge < -0.3 is 9.47 Å². The van der Waals surface area contributed by atoms with Crippen LogP contribution in [0, 0.1) is 0 Å². The maximum absolute atomic E-state index is 5.74. The molecular formula is C10H10ClNO2S. The van der Waals surface area contributed by atoms with E-state index in [1.54, 1.807) is 25.6 Å². The number of methoxy groups -OCH3 is 2. The highest BCUT2D eigenvalue weighted by atomic mass is 35.5. The number of hydrogen-bond donors (Lipinski definition) is 0. The number of thiazole rings is 1.